The molecule has 0 aromatic heterocycles. The minimum atomic E-state index is -0.556. The number of halogens is 3. The van der Waals surface area contributed by atoms with E-state index in [-0.39, 0.29) is 11.6 Å². The predicted molar refractivity (Wildman–Crippen MR) is 140 cm³/mol. The lowest BCUT2D eigenvalue weighted by molar-refractivity contribution is -0.129. The van der Waals surface area contributed by atoms with E-state index in [0.717, 1.165) is 18.3 Å². The number of rotatable bonds is 4. The third-order valence-corrected chi connectivity index (χ3v) is 6.43. The summed E-state index contributed by atoms with van der Waals surface area (Å²) < 4.78 is 12.4. The van der Waals surface area contributed by atoms with Crippen molar-refractivity contribution in [1.29, 1.82) is 0 Å². The molecule has 4 rings (SSSR count). The van der Waals surface area contributed by atoms with Crippen molar-refractivity contribution in [2.24, 2.45) is 4.99 Å². The van der Waals surface area contributed by atoms with Crippen molar-refractivity contribution in [3.63, 3.8) is 0 Å². The number of nitrogens with zero attached hydrogens (tertiary/aromatic N) is 1. The van der Waals surface area contributed by atoms with Gasteiger partial charge in [0, 0.05) is 0 Å². The SMILES string of the molecule is Cc1cccc(C(=O)Oc2c(I)cc(/C=C3\N=C(c4ccccc4Cl)OC3=O)cc2I)c1. The van der Waals surface area contributed by atoms with Crippen molar-refractivity contribution >= 4 is 80.7 Å². The number of carbonyl (C=O) groups is 2. The molecule has 0 N–H and O–H groups in total. The molecule has 0 radical (unpaired) electrons. The number of carbonyl (C=O) groups excluding carboxylic acids is 2. The molecule has 0 amide bonds. The number of esters is 2. The maximum absolute atomic E-state index is 12.5. The number of hydrogen-bond donors (Lipinski definition) is 0. The fraction of sp³-hybridized carbons (Fsp3) is 0.0417. The summed E-state index contributed by atoms with van der Waals surface area (Å²) in [6.07, 6.45) is 1.63. The van der Waals surface area contributed by atoms with E-state index in [1.165, 1.54) is 0 Å². The summed E-state index contributed by atoms with van der Waals surface area (Å²) in [5, 5.41) is 0.448. The monoisotopic (exact) mass is 669 g/mol. The zero-order chi connectivity index (χ0) is 22.8. The van der Waals surface area contributed by atoms with Crippen LogP contribution in [0.25, 0.3) is 6.08 Å². The van der Waals surface area contributed by atoms with Gasteiger partial charge in [0.05, 0.1) is 23.3 Å². The van der Waals surface area contributed by atoms with Crippen molar-refractivity contribution < 1.29 is 19.1 Å². The van der Waals surface area contributed by atoms with Gasteiger partial charge >= 0.3 is 11.9 Å². The van der Waals surface area contributed by atoms with Gasteiger partial charge in [-0.25, -0.2) is 14.6 Å². The van der Waals surface area contributed by atoms with Gasteiger partial charge in [-0.05, 0) is 100 Å². The van der Waals surface area contributed by atoms with Gasteiger partial charge in [-0.2, -0.15) is 0 Å². The highest BCUT2D eigenvalue weighted by Gasteiger charge is 2.25. The number of aryl methyl sites for hydroxylation is 1. The molecule has 8 heteroatoms. The summed E-state index contributed by atoms with van der Waals surface area (Å²) in [7, 11) is 0. The summed E-state index contributed by atoms with van der Waals surface area (Å²) in [5.41, 5.74) is 2.90. The van der Waals surface area contributed by atoms with Gasteiger partial charge in [0.1, 0.15) is 0 Å². The van der Waals surface area contributed by atoms with Gasteiger partial charge < -0.3 is 9.47 Å². The zero-order valence-electron chi connectivity index (χ0n) is 16.6. The van der Waals surface area contributed by atoms with E-state index in [0.29, 0.717) is 21.9 Å². The number of aliphatic imine (C=N–C) groups is 1. The van der Waals surface area contributed by atoms with E-state index in [1.807, 2.05) is 31.2 Å². The predicted octanol–water partition coefficient (Wildman–Crippen LogP) is 6.42. The van der Waals surface area contributed by atoms with Gasteiger partial charge in [-0.15, -0.1) is 0 Å². The molecular formula is C24H14ClI2NO4. The van der Waals surface area contributed by atoms with E-state index < -0.39 is 11.9 Å². The maximum Gasteiger partial charge on any atom is 0.363 e. The van der Waals surface area contributed by atoms with Crippen molar-refractivity contribution in [3.8, 4) is 5.75 Å². The first kappa shape index (κ1) is 22.9. The maximum atomic E-state index is 12.5. The molecule has 0 aliphatic carbocycles. The first-order chi connectivity index (χ1) is 15.3. The van der Waals surface area contributed by atoms with Gasteiger partial charge in [0.15, 0.2) is 11.4 Å². The standard InChI is InChI=1S/C24H14ClI2NO4/c1-13-5-4-6-15(9-13)23(29)31-21-18(26)10-14(11-19(21)27)12-20-24(30)32-22(28-20)16-7-2-3-8-17(16)25/h2-12H,1H3/b20-12-. The van der Waals surface area contributed by atoms with Crippen LogP contribution in [-0.2, 0) is 9.53 Å². The largest absolute Gasteiger partial charge is 0.421 e. The van der Waals surface area contributed by atoms with Crippen LogP contribution in [0.5, 0.6) is 5.75 Å². The molecule has 0 fully saturated rings. The molecule has 0 atom stereocenters. The molecule has 0 bridgehead atoms. The Morgan fingerprint density at radius 3 is 2.47 bits per heavy atom. The third-order valence-electron chi connectivity index (χ3n) is 4.50. The van der Waals surface area contributed by atoms with Crippen LogP contribution in [0.2, 0.25) is 5.02 Å². The van der Waals surface area contributed by atoms with Crippen LogP contribution in [0, 0.1) is 14.1 Å². The Hall–Kier alpha value is -2.24. The Kier molecular flexibility index (Phi) is 6.96. The molecule has 32 heavy (non-hydrogen) atoms. The number of hydrogen-bond acceptors (Lipinski definition) is 5. The van der Waals surface area contributed by atoms with Crippen LogP contribution in [0.3, 0.4) is 0 Å². The molecule has 3 aromatic rings. The van der Waals surface area contributed by atoms with E-state index in [4.69, 9.17) is 21.1 Å². The van der Waals surface area contributed by atoms with E-state index in [9.17, 15) is 9.59 Å². The average Bonchev–Trinajstić information content (AvgIpc) is 3.11. The van der Waals surface area contributed by atoms with Crippen LogP contribution >= 0.6 is 56.8 Å². The number of cyclic esters (lactones) is 1. The molecule has 1 aliphatic rings. The third kappa shape index (κ3) is 5.05. The highest BCUT2D eigenvalue weighted by atomic mass is 127. The average molecular weight is 670 g/mol. The Balaban J connectivity index is 1.60. The lowest BCUT2D eigenvalue weighted by Crippen LogP contribution is -2.10. The quantitative estimate of drug-likeness (QED) is 0.139. The van der Waals surface area contributed by atoms with E-state index >= 15 is 0 Å². The molecule has 3 aromatic carbocycles. The molecule has 1 heterocycles. The number of ether oxygens (including phenoxy) is 2. The molecule has 0 saturated heterocycles. The Bertz CT molecular complexity index is 1290. The molecule has 160 valence electrons. The molecular weight excluding hydrogens is 656 g/mol. The van der Waals surface area contributed by atoms with E-state index in [1.54, 1.807) is 42.5 Å². The van der Waals surface area contributed by atoms with Crippen LogP contribution in [0.15, 0.2) is 71.4 Å². The van der Waals surface area contributed by atoms with Crippen LogP contribution in [0.4, 0.5) is 0 Å². The topological polar surface area (TPSA) is 65.0 Å². The van der Waals surface area contributed by atoms with Gasteiger partial charge in [0.2, 0.25) is 5.90 Å². The lowest BCUT2D eigenvalue weighted by Gasteiger charge is -2.10. The van der Waals surface area contributed by atoms with Crippen LogP contribution in [0.1, 0.15) is 27.0 Å². The second kappa shape index (κ2) is 9.72. The minimum absolute atomic E-state index is 0.163. The molecule has 1 aliphatic heterocycles. The van der Waals surface area contributed by atoms with Gasteiger partial charge in [0.25, 0.3) is 0 Å². The second-order valence-corrected chi connectivity index (χ2v) is 9.62. The van der Waals surface area contributed by atoms with E-state index in [2.05, 4.69) is 50.2 Å². The Morgan fingerprint density at radius 2 is 1.78 bits per heavy atom. The van der Waals surface area contributed by atoms with Crippen molar-refractivity contribution in [1.82, 2.24) is 0 Å². The van der Waals surface area contributed by atoms with Gasteiger partial charge in [-0.1, -0.05) is 41.4 Å². The molecule has 0 unspecified atom stereocenters. The Morgan fingerprint density at radius 1 is 1.06 bits per heavy atom. The first-order valence-corrected chi connectivity index (χ1v) is 11.9. The molecule has 5 nitrogen and oxygen atoms in total. The smallest absolute Gasteiger partial charge is 0.363 e. The highest BCUT2D eigenvalue weighted by molar-refractivity contribution is 14.1. The summed E-state index contributed by atoms with van der Waals surface area (Å²) in [4.78, 5) is 29.2. The minimum Gasteiger partial charge on any atom is -0.421 e. The second-order valence-electron chi connectivity index (χ2n) is 6.89. The highest BCUT2D eigenvalue weighted by Crippen LogP contribution is 2.31. The van der Waals surface area contributed by atoms with Crippen molar-refractivity contribution in [2.75, 3.05) is 0 Å². The Labute approximate surface area is 216 Å². The lowest BCUT2D eigenvalue weighted by atomic mass is 10.1. The summed E-state index contributed by atoms with van der Waals surface area (Å²) >= 11 is 10.4. The fourth-order valence-electron chi connectivity index (χ4n) is 3.00. The summed E-state index contributed by atoms with van der Waals surface area (Å²) in [6, 6.07) is 17.9. The number of benzene rings is 3. The fourth-order valence-corrected chi connectivity index (χ4v) is 5.25. The van der Waals surface area contributed by atoms with Crippen LogP contribution < -0.4 is 4.74 Å². The summed E-state index contributed by atoms with van der Waals surface area (Å²) in [6.45, 7) is 1.92. The molecule has 0 spiro atoms. The normalized spacial score (nSPS) is 14.3. The summed E-state index contributed by atoms with van der Waals surface area (Å²) in [5.74, 6) is -0.349. The first-order valence-electron chi connectivity index (χ1n) is 9.37. The van der Waals surface area contributed by atoms with Crippen molar-refractivity contribution in [2.45, 2.75) is 6.92 Å². The van der Waals surface area contributed by atoms with Crippen LogP contribution in [-0.4, -0.2) is 17.8 Å². The zero-order valence-corrected chi connectivity index (χ0v) is 21.6. The molecule has 0 saturated carbocycles. The van der Waals surface area contributed by atoms with Crippen molar-refractivity contribution in [3.05, 3.63) is 101 Å². The van der Waals surface area contributed by atoms with Gasteiger partial charge in [-0.3, -0.25) is 0 Å².